The van der Waals surface area contributed by atoms with E-state index in [1.807, 2.05) is 60.7 Å². The maximum atomic E-state index is 4.68. The van der Waals surface area contributed by atoms with E-state index in [0.29, 0.717) is 8.64 Å². The number of hydrogen-bond acceptors (Lipinski definition) is 4. The molecule has 0 aliphatic rings. The molecule has 1 radical (unpaired) electrons. The summed E-state index contributed by atoms with van der Waals surface area (Å²) in [5.41, 5.74) is 1.89. The van der Waals surface area contributed by atoms with Crippen molar-refractivity contribution in [3.63, 3.8) is 0 Å². The van der Waals surface area contributed by atoms with Crippen molar-refractivity contribution in [1.82, 2.24) is 0 Å². The van der Waals surface area contributed by atoms with Gasteiger partial charge in [-0.1, -0.05) is 45.0 Å². The van der Waals surface area contributed by atoms with Crippen LogP contribution in [0.1, 0.15) is 0 Å². The van der Waals surface area contributed by atoms with Gasteiger partial charge in [-0.15, -0.1) is 0 Å². The summed E-state index contributed by atoms with van der Waals surface area (Å²) in [4.78, 5) is 0. The molecule has 0 atom stereocenters. The summed E-state index contributed by atoms with van der Waals surface area (Å²) in [6.45, 7) is 0. The Morgan fingerprint density at radius 3 is 1.19 bits per heavy atom. The van der Waals surface area contributed by atoms with Crippen molar-refractivity contribution in [3.8, 4) is 0 Å². The van der Waals surface area contributed by atoms with Crippen molar-refractivity contribution in [3.05, 3.63) is 60.7 Å². The van der Waals surface area contributed by atoms with Gasteiger partial charge in [0.2, 0.25) is 0 Å². The molecule has 7 heteroatoms. The summed E-state index contributed by atoms with van der Waals surface area (Å²) in [5, 5.41) is 5.70. The van der Waals surface area contributed by atoms with E-state index in [1.54, 1.807) is 0 Å². The van der Waals surface area contributed by atoms with Crippen molar-refractivity contribution in [2.75, 3.05) is 10.6 Å². The van der Waals surface area contributed by atoms with Crippen molar-refractivity contribution >= 4 is 69.7 Å². The Hall–Kier alpha value is -0.821. The van der Waals surface area contributed by atoms with Crippen LogP contribution in [-0.2, 0) is 42.3 Å². The number of benzene rings is 2. The van der Waals surface area contributed by atoms with Crippen LogP contribution in [-0.4, -0.2) is 8.64 Å². The number of thiocarbonyl (C=S) groups is 2. The van der Waals surface area contributed by atoms with Crippen molar-refractivity contribution in [2.45, 2.75) is 0 Å². The maximum absolute atomic E-state index is 4.68. The van der Waals surface area contributed by atoms with Crippen LogP contribution in [0, 0.1) is 0 Å². The van der Waals surface area contributed by atoms with Gasteiger partial charge < -0.3 is 60.3 Å². The predicted molar refractivity (Wildman–Crippen MR) is 100 cm³/mol. The van der Waals surface area contributed by atoms with Gasteiger partial charge in [-0.05, 0) is 24.3 Å². The first kappa shape index (κ1) is 20.2. The molecule has 0 aromatic heterocycles. The third-order valence-corrected chi connectivity index (χ3v) is 2.45. The van der Waals surface area contributed by atoms with Crippen LogP contribution in [0.2, 0.25) is 0 Å². The van der Waals surface area contributed by atoms with Gasteiger partial charge in [-0.25, -0.2) is 0 Å². The Kier molecular flexibility index (Phi) is 11.3. The predicted octanol–water partition coefficient (Wildman–Crippen LogP) is 3.86. The minimum absolute atomic E-state index is 0. The van der Waals surface area contributed by atoms with Crippen LogP contribution < -0.4 is 10.6 Å². The molecule has 0 aliphatic heterocycles. The van der Waals surface area contributed by atoms with E-state index in [4.69, 9.17) is 0 Å². The Balaban J connectivity index is 0.000000364. The molecule has 2 aromatic carbocycles. The fourth-order valence-electron chi connectivity index (χ4n) is 1.28. The number of nitrogens with one attached hydrogen (secondary N) is 2. The average Bonchev–Trinajstić information content (AvgIpc) is 2.40. The van der Waals surface area contributed by atoms with Gasteiger partial charge in [0.25, 0.3) is 0 Å². The average molecular weight is 400 g/mol. The Morgan fingerprint density at radius 1 is 0.667 bits per heavy atom. The van der Waals surface area contributed by atoms with E-state index in [1.165, 1.54) is 0 Å². The molecule has 0 aliphatic carbocycles. The summed E-state index contributed by atoms with van der Waals surface area (Å²) in [6, 6.07) is 19.3. The zero-order valence-electron chi connectivity index (χ0n) is 10.7. The molecule has 0 saturated carbocycles. The zero-order valence-corrected chi connectivity index (χ0v) is 14.9. The summed E-state index contributed by atoms with van der Waals surface area (Å²) in [5.74, 6) is 0. The van der Waals surface area contributed by atoms with Crippen molar-refractivity contribution < 1.29 is 17.1 Å². The SMILES string of the molecule is S=C([S-])Nc1ccccc1.S=C([S-])Nc1ccccc1.[Cu+2]. The van der Waals surface area contributed by atoms with E-state index in [-0.39, 0.29) is 17.1 Å². The first-order valence-electron chi connectivity index (χ1n) is 5.64. The molecule has 0 saturated heterocycles. The second-order valence-electron chi connectivity index (χ2n) is 3.56. The molecule has 0 unspecified atom stereocenters. The number of para-hydroxylation sites is 2. The summed E-state index contributed by atoms with van der Waals surface area (Å²) < 4.78 is 0.761. The van der Waals surface area contributed by atoms with Crippen LogP contribution in [0.15, 0.2) is 60.7 Å². The van der Waals surface area contributed by atoms with Gasteiger partial charge in [-0.2, -0.15) is 0 Å². The number of rotatable bonds is 2. The van der Waals surface area contributed by atoms with Gasteiger partial charge in [0, 0.05) is 11.4 Å². The molecule has 0 spiro atoms. The van der Waals surface area contributed by atoms with Crippen LogP contribution >= 0.6 is 24.4 Å². The molecule has 0 fully saturated rings. The first-order chi connectivity index (χ1) is 9.58. The quantitative estimate of drug-likeness (QED) is 0.452. The molecule has 2 N–H and O–H groups in total. The molecule has 21 heavy (non-hydrogen) atoms. The molecule has 2 aromatic rings. The molecule has 0 bridgehead atoms. The topological polar surface area (TPSA) is 24.1 Å². The molecule has 113 valence electrons. The second-order valence-corrected chi connectivity index (χ2v) is 5.71. The smallest absolute Gasteiger partial charge is 0.411 e. The van der Waals surface area contributed by atoms with E-state index >= 15 is 0 Å². The first-order valence-corrected chi connectivity index (χ1v) is 7.27. The summed E-state index contributed by atoms with van der Waals surface area (Å²) in [6.07, 6.45) is 0. The van der Waals surface area contributed by atoms with Crippen molar-refractivity contribution in [1.29, 1.82) is 0 Å². The Labute approximate surface area is 157 Å². The second kappa shape index (κ2) is 11.8. The van der Waals surface area contributed by atoms with Gasteiger partial charge in [0.15, 0.2) is 0 Å². The van der Waals surface area contributed by atoms with Gasteiger partial charge in [0.05, 0.1) is 0 Å². The van der Waals surface area contributed by atoms with Gasteiger partial charge >= 0.3 is 17.1 Å². The molecular weight excluding hydrogens is 388 g/mol. The zero-order chi connectivity index (χ0) is 14.8. The van der Waals surface area contributed by atoms with E-state index in [2.05, 4.69) is 60.3 Å². The standard InChI is InChI=1S/2C7H7NS2.Cu/c2*9-7(10)8-6-4-2-1-3-5-6;/h2*1-5H,(H2,8,9,10);/q;;+2/p-2. The third-order valence-electron chi connectivity index (χ3n) is 2.04. The Morgan fingerprint density at radius 2 is 0.952 bits per heavy atom. The minimum atomic E-state index is 0. The van der Waals surface area contributed by atoms with Crippen molar-refractivity contribution in [2.24, 2.45) is 0 Å². The third kappa shape index (κ3) is 10.5. The maximum Gasteiger partial charge on any atom is 2.00 e. The number of anilines is 2. The fraction of sp³-hybridized carbons (Fsp3) is 0. The molecule has 2 rings (SSSR count). The largest absolute Gasteiger partial charge is 2.00 e. The normalized spacial score (nSPS) is 8.38. The molecular formula is C14H12CuN2S4. The van der Waals surface area contributed by atoms with Gasteiger partial charge in [-0.3, -0.25) is 0 Å². The minimum Gasteiger partial charge on any atom is -0.411 e. The van der Waals surface area contributed by atoms with E-state index < -0.39 is 0 Å². The van der Waals surface area contributed by atoms with E-state index in [9.17, 15) is 0 Å². The number of hydrogen-bond donors (Lipinski definition) is 2. The van der Waals surface area contributed by atoms with Crippen LogP contribution in [0.25, 0.3) is 0 Å². The molecule has 0 amide bonds. The van der Waals surface area contributed by atoms with Crippen LogP contribution in [0.4, 0.5) is 11.4 Å². The summed E-state index contributed by atoms with van der Waals surface area (Å²) in [7, 11) is 0. The van der Waals surface area contributed by atoms with Crippen LogP contribution in [0.5, 0.6) is 0 Å². The van der Waals surface area contributed by atoms with Gasteiger partial charge in [0.1, 0.15) is 0 Å². The summed E-state index contributed by atoms with van der Waals surface area (Å²) >= 11 is 18.7. The fourth-order valence-corrected chi connectivity index (χ4v) is 1.75. The van der Waals surface area contributed by atoms with E-state index in [0.717, 1.165) is 11.4 Å². The van der Waals surface area contributed by atoms with Crippen LogP contribution in [0.3, 0.4) is 0 Å². The monoisotopic (exact) mass is 399 g/mol. The molecule has 0 heterocycles. The molecule has 2 nitrogen and oxygen atoms in total. The Bertz CT molecular complexity index is 498.